The molecule has 0 aliphatic carbocycles. The van der Waals surface area contributed by atoms with Gasteiger partial charge in [0.05, 0.1) is 18.3 Å². The van der Waals surface area contributed by atoms with Gasteiger partial charge < -0.3 is 9.88 Å². The van der Waals surface area contributed by atoms with Crippen LogP contribution in [0.25, 0.3) is 5.65 Å². The Hall–Kier alpha value is -2.90. The molecule has 0 saturated carbocycles. The first kappa shape index (κ1) is 15.6. The molecule has 1 aliphatic rings. The number of aromatic amines is 1. The summed E-state index contributed by atoms with van der Waals surface area (Å²) < 4.78 is 3.39. The molecule has 0 spiro atoms. The Balaban J connectivity index is 1.65. The third-order valence-electron chi connectivity index (χ3n) is 4.67. The number of rotatable bonds is 3. The normalized spacial score (nSPS) is 18.0. The van der Waals surface area contributed by atoms with Gasteiger partial charge in [0.2, 0.25) is 0 Å². The summed E-state index contributed by atoms with van der Waals surface area (Å²) in [5, 5.41) is 8.52. The summed E-state index contributed by atoms with van der Waals surface area (Å²) in [5.41, 5.74) is 1.13. The van der Waals surface area contributed by atoms with E-state index in [0.29, 0.717) is 18.7 Å². The smallest absolute Gasteiger partial charge is 0.264 e. The number of nitrogens with one attached hydrogen (secondary N) is 1. The van der Waals surface area contributed by atoms with Crippen molar-refractivity contribution in [3.05, 3.63) is 52.3 Å². The Kier molecular flexibility index (Phi) is 3.87. The molecule has 1 atom stereocenters. The molecule has 130 valence electrons. The third kappa shape index (κ3) is 2.95. The lowest BCUT2D eigenvalue weighted by Gasteiger charge is -2.35. The average Bonchev–Trinajstić information content (AvgIpc) is 3.22. The van der Waals surface area contributed by atoms with Crippen molar-refractivity contribution >= 4 is 11.6 Å². The SMILES string of the molecule is Cc1cc2[nH]c(=O)c(C(=O)N3CCCC[C@H]3Cn3cccn3)cn2n1. The standard InChI is InChI=1S/C17H20N6O2/c1-12-9-15-19-16(24)14(11-23(15)20-12)17(25)22-8-3-2-5-13(22)10-21-7-4-6-18-21/h4,6-7,9,11,13H,2-3,5,8,10H2,1H3,(H,19,24)/t13-/m0/s1. The highest BCUT2D eigenvalue weighted by molar-refractivity contribution is 5.94. The van der Waals surface area contributed by atoms with Crippen LogP contribution in [-0.2, 0) is 6.54 Å². The fourth-order valence-electron chi connectivity index (χ4n) is 3.46. The van der Waals surface area contributed by atoms with Gasteiger partial charge in [0.1, 0.15) is 11.2 Å². The van der Waals surface area contributed by atoms with Crippen LogP contribution in [0.4, 0.5) is 0 Å². The number of piperidine rings is 1. The molecular formula is C17H20N6O2. The van der Waals surface area contributed by atoms with Gasteiger partial charge in [0.15, 0.2) is 0 Å². The first-order valence-corrected chi connectivity index (χ1v) is 8.49. The van der Waals surface area contributed by atoms with Gasteiger partial charge >= 0.3 is 0 Å². The molecule has 8 heteroatoms. The summed E-state index contributed by atoms with van der Waals surface area (Å²) >= 11 is 0. The molecule has 1 saturated heterocycles. The summed E-state index contributed by atoms with van der Waals surface area (Å²) in [6, 6.07) is 3.68. The van der Waals surface area contributed by atoms with Gasteiger partial charge in [-0.3, -0.25) is 14.3 Å². The van der Waals surface area contributed by atoms with Gasteiger partial charge in [-0.15, -0.1) is 0 Å². The molecule has 1 fully saturated rings. The van der Waals surface area contributed by atoms with E-state index >= 15 is 0 Å². The van der Waals surface area contributed by atoms with Crippen molar-refractivity contribution in [1.29, 1.82) is 0 Å². The number of aryl methyl sites for hydroxylation is 1. The van der Waals surface area contributed by atoms with Crippen LogP contribution < -0.4 is 5.56 Å². The molecule has 0 aromatic carbocycles. The fraction of sp³-hybridized carbons (Fsp3) is 0.412. The first-order chi connectivity index (χ1) is 12.1. The van der Waals surface area contributed by atoms with Gasteiger partial charge in [-0.2, -0.15) is 10.2 Å². The fourth-order valence-corrected chi connectivity index (χ4v) is 3.46. The minimum atomic E-state index is -0.374. The van der Waals surface area contributed by atoms with Crippen molar-refractivity contribution in [3.8, 4) is 0 Å². The summed E-state index contributed by atoms with van der Waals surface area (Å²) in [4.78, 5) is 30.0. The lowest BCUT2D eigenvalue weighted by molar-refractivity contribution is 0.0581. The second-order valence-corrected chi connectivity index (χ2v) is 6.49. The van der Waals surface area contributed by atoms with E-state index in [2.05, 4.69) is 15.2 Å². The van der Waals surface area contributed by atoms with Gasteiger partial charge in [-0.05, 0) is 32.3 Å². The molecule has 25 heavy (non-hydrogen) atoms. The molecule has 8 nitrogen and oxygen atoms in total. The number of H-pyrrole nitrogens is 1. The average molecular weight is 340 g/mol. The number of fused-ring (bicyclic) bond motifs is 1. The van der Waals surface area contributed by atoms with E-state index in [9.17, 15) is 9.59 Å². The number of hydrogen-bond acceptors (Lipinski definition) is 4. The summed E-state index contributed by atoms with van der Waals surface area (Å²) in [6.07, 6.45) is 8.08. The molecule has 4 heterocycles. The van der Waals surface area contributed by atoms with Crippen LogP contribution in [0.1, 0.15) is 35.3 Å². The minimum absolute atomic E-state index is 0.0376. The molecular weight excluding hydrogens is 320 g/mol. The van der Waals surface area contributed by atoms with E-state index in [1.54, 1.807) is 21.7 Å². The molecule has 4 rings (SSSR count). The Bertz CT molecular complexity index is 955. The lowest BCUT2D eigenvalue weighted by Crippen LogP contribution is -2.47. The summed E-state index contributed by atoms with van der Waals surface area (Å²) in [7, 11) is 0. The van der Waals surface area contributed by atoms with Gasteiger partial charge in [0.25, 0.3) is 11.5 Å². The number of hydrogen-bond donors (Lipinski definition) is 1. The molecule has 0 bridgehead atoms. The van der Waals surface area contributed by atoms with E-state index in [0.717, 1.165) is 25.0 Å². The van der Waals surface area contributed by atoms with Crippen LogP contribution in [0.15, 0.2) is 35.5 Å². The second-order valence-electron chi connectivity index (χ2n) is 6.49. The van der Waals surface area contributed by atoms with Crippen LogP contribution in [0, 0.1) is 6.92 Å². The second kappa shape index (κ2) is 6.19. The molecule has 3 aromatic rings. The number of nitrogens with zero attached hydrogens (tertiary/aromatic N) is 5. The number of carbonyl (C=O) groups excluding carboxylic acids is 1. The zero-order valence-electron chi connectivity index (χ0n) is 14.1. The highest BCUT2D eigenvalue weighted by Gasteiger charge is 2.29. The van der Waals surface area contributed by atoms with Crippen LogP contribution in [0.3, 0.4) is 0 Å². The maximum absolute atomic E-state index is 13.0. The Morgan fingerprint density at radius 2 is 2.28 bits per heavy atom. The molecule has 1 aliphatic heterocycles. The number of carbonyl (C=O) groups is 1. The Morgan fingerprint density at radius 3 is 3.08 bits per heavy atom. The maximum Gasteiger partial charge on any atom is 0.264 e. The van der Waals surface area contributed by atoms with Crippen molar-refractivity contribution in [3.63, 3.8) is 0 Å². The zero-order chi connectivity index (χ0) is 17.4. The van der Waals surface area contributed by atoms with E-state index in [-0.39, 0.29) is 23.1 Å². The van der Waals surface area contributed by atoms with Gasteiger partial charge in [-0.1, -0.05) is 0 Å². The topological polar surface area (TPSA) is 88.3 Å². The van der Waals surface area contributed by atoms with Crippen molar-refractivity contribution in [2.45, 2.75) is 38.8 Å². The largest absolute Gasteiger partial charge is 0.334 e. The number of amides is 1. The van der Waals surface area contributed by atoms with Crippen molar-refractivity contribution < 1.29 is 4.79 Å². The monoisotopic (exact) mass is 340 g/mol. The predicted molar refractivity (Wildman–Crippen MR) is 91.5 cm³/mol. The summed E-state index contributed by atoms with van der Waals surface area (Å²) in [6.45, 7) is 3.14. The highest BCUT2D eigenvalue weighted by atomic mass is 16.2. The molecule has 1 N–H and O–H groups in total. The van der Waals surface area contributed by atoms with Crippen LogP contribution in [-0.4, -0.2) is 47.8 Å². The van der Waals surface area contributed by atoms with Crippen LogP contribution in [0.5, 0.6) is 0 Å². The molecule has 3 aromatic heterocycles. The third-order valence-corrected chi connectivity index (χ3v) is 4.67. The number of likely N-dealkylation sites (tertiary alicyclic amines) is 1. The van der Waals surface area contributed by atoms with Gasteiger partial charge in [0, 0.05) is 31.2 Å². The maximum atomic E-state index is 13.0. The molecule has 1 amide bonds. The predicted octanol–water partition coefficient (Wildman–Crippen LogP) is 1.22. The van der Waals surface area contributed by atoms with Crippen molar-refractivity contribution in [2.75, 3.05) is 6.54 Å². The highest BCUT2D eigenvalue weighted by Crippen LogP contribution is 2.20. The molecule has 0 radical (unpaired) electrons. The molecule has 0 unspecified atom stereocenters. The zero-order valence-corrected chi connectivity index (χ0v) is 14.1. The van der Waals surface area contributed by atoms with Crippen LogP contribution in [0.2, 0.25) is 0 Å². The lowest BCUT2D eigenvalue weighted by atomic mass is 10.0. The minimum Gasteiger partial charge on any atom is -0.334 e. The van der Waals surface area contributed by atoms with E-state index in [1.807, 2.05) is 23.9 Å². The van der Waals surface area contributed by atoms with Crippen molar-refractivity contribution in [2.24, 2.45) is 0 Å². The Labute approximate surface area is 144 Å². The first-order valence-electron chi connectivity index (χ1n) is 8.49. The van der Waals surface area contributed by atoms with Gasteiger partial charge in [-0.25, -0.2) is 4.52 Å². The number of aromatic nitrogens is 5. The van der Waals surface area contributed by atoms with E-state index in [4.69, 9.17) is 0 Å². The van der Waals surface area contributed by atoms with E-state index < -0.39 is 0 Å². The van der Waals surface area contributed by atoms with Crippen LogP contribution >= 0.6 is 0 Å². The van der Waals surface area contributed by atoms with E-state index in [1.165, 1.54) is 6.20 Å². The summed E-state index contributed by atoms with van der Waals surface area (Å²) in [5.74, 6) is -0.242. The Morgan fingerprint density at radius 1 is 1.40 bits per heavy atom. The van der Waals surface area contributed by atoms with Crippen molar-refractivity contribution in [1.82, 2.24) is 29.3 Å². The quantitative estimate of drug-likeness (QED) is 0.776.